The molecular weight excluding hydrogens is 194 g/mol. The molecular formula is C11H23NO3. The minimum atomic E-state index is -0.756. The number of carboxylic acid groups (broad SMARTS) is 1. The largest absolute Gasteiger partial charge is 0.481 e. The van der Waals surface area contributed by atoms with Gasteiger partial charge >= 0.3 is 5.97 Å². The zero-order valence-electron chi connectivity index (χ0n) is 10.2. The van der Waals surface area contributed by atoms with Crippen LogP contribution in [0.15, 0.2) is 0 Å². The minimum Gasteiger partial charge on any atom is -0.481 e. The topological polar surface area (TPSA) is 58.6 Å². The Morgan fingerprint density at radius 2 is 2.07 bits per heavy atom. The number of unbranched alkanes of at least 4 members (excludes halogenated alkanes) is 1. The van der Waals surface area contributed by atoms with Crippen LogP contribution in [0, 0.1) is 5.92 Å². The number of carboxylic acids is 1. The van der Waals surface area contributed by atoms with Crippen LogP contribution in [-0.4, -0.2) is 23.2 Å². The molecule has 15 heavy (non-hydrogen) atoms. The molecule has 90 valence electrons. The number of hydrogen-bond donors (Lipinski definition) is 2. The first kappa shape index (κ1) is 14.4. The van der Waals surface area contributed by atoms with E-state index in [1.807, 2.05) is 20.8 Å². The summed E-state index contributed by atoms with van der Waals surface area (Å²) in [4.78, 5) is 16.1. The van der Waals surface area contributed by atoms with Gasteiger partial charge in [-0.25, -0.2) is 5.48 Å². The van der Waals surface area contributed by atoms with Crippen molar-refractivity contribution in [2.75, 3.05) is 6.54 Å². The van der Waals surface area contributed by atoms with Gasteiger partial charge in [0.05, 0.1) is 11.5 Å². The van der Waals surface area contributed by atoms with Gasteiger partial charge in [0, 0.05) is 6.54 Å². The standard InChI is InChI=1S/C11H23NO3/c1-5-6-7-9(10(13)14)8-12-15-11(2,3)4/h9,12H,5-8H2,1-4H3,(H,13,14)/t9-/m1/s1. The van der Waals surface area contributed by atoms with Crippen LogP contribution in [0.2, 0.25) is 0 Å². The van der Waals surface area contributed by atoms with Crippen molar-refractivity contribution in [3.05, 3.63) is 0 Å². The summed E-state index contributed by atoms with van der Waals surface area (Å²) >= 11 is 0. The van der Waals surface area contributed by atoms with Crippen LogP contribution in [0.5, 0.6) is 0 Å². The monoisotopic (exact) mass is 217 g/mol. The van der Waals surface area contributed by atoms with Crippen LogP contribution < -0.4 is 5.48 Å². The zero-order valence-corrected chi connectivity index (χ0v) is 10.2. The molecule has 0 saturated heterocycles. The summed E-state index contributed by atoms with van der Waals surface area (Å²) in [5, 5.41) is 8.93. The molecule has 1 atom stereocenters. The first-order valence-electron chi connectivity index (χ1n) is 5.50. The smallest absolute Gasteiger partial charge is 0.307 e. The Hall–Kier alpha value is -0.610. The fourth-order valence-electron chi connectivity index (χ4n) is 1.12. The lowest BCUT2D eigenvalue weighted by molar-refractivity contribution is -0.144. The summed E-state index contributed by atoms with van der Waals surface area (Å²) in [6.45, 7) is 8.18. The van der Waals surface area contributed by atoms with E-state index in [4.69, 9.17) is 9.94 Å². The molecule has 2 N–H and O–H groups in total. The summed E-state index contributed by atoms with van der Waals surface area (Å²) in [6.07, 6.45) is 2.66. The van der Waals surface area contributed by atoms with Gasteiger partial charge in [0.2, 0.25) is 0 Å². The second-order valence-electron chi connectivity index (χ2n) is 4.74. The maximum atomic E-state index is 10.9. The number of carbonyl (C=O) groups is 1. The van der Waals surface area contributed by atoms with Crippen molar-refractivity contribution in [1.29, 1.82) is 0 Å². The van der Waals surface area contributed by atoms with E-state index < -0.39 is 5.97 Å². The van der Waals surface area contributed by atoms with E-state index in [1.54, 1.807) is 0 Å². The Morgan fingerprint density at radius 1 is 1.47 bits per heavy atom. The van der Waals surface area contributed by atoms with Gasteiger partial charge in [0.25, 0.3) is 0 Å². The molecule has 0 unspecified atom stereocenters. The second kappa shape index (κ2) is 6.80. The van der Waals surface area contributed by atoms with Crippen molar-refractivity contribution in [3.63, 3.8) is 0 Å². The molecule has 0 bridgehead atoms. The predicted octanol–water partition coefficient (Wildman–Crippen LogP) is 2.20. The lowest BCUT2D eigenvalue weighted by Gasteiger charge is -2.21. The Labute approximate surface area is 92.0 Å². The van der Waals surface area contributed by atoms with E-state index >= 15 is 0 Å². The van der Waals surface area contributed by atoms with Crippen LogP contribution in [0.25, 0.3) is 0 Å². The van der Waals surface area contributed by atoms with E-state index in [-0.39, 0.29) is 11.5 Å². The average molecular weight is 217 g/mol. The third kappa shape index (κ3) is 8.39. The highest BCUT2D eigenvalue weighted by Gasteiger charge is 2.18. The molecule has 0 aromatic rings. The zero-order chi connectivity index (χ0) is 11.9. The number of rotatable bonds is 7. The van der Waals surface area contributed by atoms with Crippen molar-refractivity contribution >= 4 is 5.97 Å². The second-order valence-corrected chi connectivity index (χ2v) is 4.74. The first-order valence-corrected chi connectivity index (χ1v) is 5.50. The summed E-state index contributed by atoms with van der Waals surface area (Å²) < 4.78 is 0. The van der Waals surface area contributed by atoms with Crippen LogP contribution in [0.1, 0.15) is 47.0 Å². The van der Waals surface area contributed by atoms with Gasteiger partial charge in [0.15, 0.2) is 0 Å². The molecule has 4 heteroatoms. The molecule has 0 aromatic carbocycles. The van der Waals surface area contributed by atoms with Crippen molar-refractivity contribution in [3.8, 4) is 0 Å². The quantitative estimate of drug-likeness (QED) is 0.642. The van der Waals surface area contributed by atoms with E-state index in [2.05, 4.69) is 12.4 Å². The minimum absolute atomic E-state index is 0.284. The lowest BCUT2D eigenvalue weighted by atomic mass is 10.0. The molecule has 0 radical (unpaired) electrons. The molecule has 4 nitrogen and oxygen atoms in total. The summed E-state index contributed by atoms with van der Waals surface area (Å²) in [5.74, 6) is -1.11. The molecule has 0 fully saturated rings. The Kier molecular flexibility index (Phi) is 6.52. The molecule has 0 amide bonds. The average Bonchev–Trinajstić information content (AvgIpc) is 2.08. The van der Waals surface area contributed by atoms with Gasteiger partial charge in [0.1, 0.15) is 0 Å². The first-order chi connectivity index (χ1) is 6.87. The molecule has 0 aliphatic carbocycles. The molecule has 0 spiro atoms. The van der Waals surface area contributed by atoms with Crippen LogP contribution in [0.3, 0.4) is 0 Å². The maximum Gasteiger partial charge on any atom is 0.307 e. The van der Waals surface area contributed by atoms with E-state index in [0.717, 1.165) is 12.8 Å². The van der Waals surface area contributed by atoms with Gasteiger partial charge in [-0.3, -0.25) is 9.63 Å². The normalized spacial score (nSPS) is 13.9. The fraction of sp³-hybridized carbons (Fsp3) is 0.909. The fourth-order valence-corrected chi connectivity index (χ4v) is 1.12. The Morgan fingerprint density at radius 3 is 2.47 bits per heavy atom. The van der Waals surface area contributed by atoms with Crippen LogP contribution in [0.4, 0.5) is 0 Å². The van der Waals surface area contributed by atoms with Gasteiger partial charge in [-0.2, -0.15) is 0 Å². The Balaban J connectivity index is 3.81. The van der Waals surface area contributed by atoms with Crippen LogP contribution in [-0.2, 0) is 9.63 Å². The number of hydrogen-bond acceptors (Lipinski definition) is 3. The third-order valence-corrected chi connectivity index (χ3v) is 1.96. The van der Waals surface area contributed by atoms with Crippen molar-refractivity contribution in [1.82, 2.24) is 5.48 Å². The highest BCUT2D eigenvalue weighted by molar-refractivity contribution is 5.70. The Bertz CT molecular complexity index is 187. The maximum absolute atomic E-state index is 10.9. The lowest BCUT2D eigenvalue weighted by Crippen LogP contribution is -2.34. The van der Waals surface area contributed by atoms with E-state index in [0.29, 0.717) is 13.0 Å². The number of hydroxylamine groups is 1. The highest BCUT2D eigenvalue weighted by Crippen LogP contribution is 2.09. The van der Waals surface area contributed by atoms with Crippen molar-refractivity contribution in [2.45, 2.75) is 52.6 Å². The SMILES string of the molecule is CCCC[C@H](CNOC(C)(C)C)C(=O)O. The predicted molar refractivity (Wildman–Crippen MR) is 59.5 cm³/mol. The third-order valence-electron chi connectivity index (χ3n) is 1.96. The molecule has 0 rings (SSSR count). The molecule has 0 heterocycles. The van der Waals surface area contributed by atoms with Gasteiger partial charge in [-0.15, -0.1) is 0 Å². The van der Waals surface area contributed by atoms with Crippen molar-refractivity contribution < 1.29 is 14.7 Å². The van der Waals surface area contributed by atoms with Gasteiger partial charge in [-0.1, -0.05) is 19.8 Å². The van der Waals surface area contributed by atoms with E-state index in [1.165, 1.54) is 0 Å². The highest BCUT2D eigenvalue weighted by atomic mass is 16.7. The number of nitrogens with one attached hydrogen (secondary N) is 1. The number of aliphatic carboxylic acids is 1. The summed E-state index contributed by atoms with van der Waals surface area (Å²) in [6, 6.07) is 0. The molecule has 0 aliphatic heterocycles. The van der Waals surface area contributed by atoms with Crippen LogP contribution >= 0.6 is 0 Å². The molecule has 0 saturated carbocycles. The summed E-state index contributed by atoms with van der Waals surface area (Å²) in [5.41, 5.74) is 2.45. The molecule has 0 aromatic heterocycles. The summed E-state index contributed by atoms with van der Waals surface area (Å²) in [7, 11) is 0. The van der Waals surface area contributed by atoms with Gasteiger partial charge in [-0.05, 0) is 27.2 Å². The van der Waals surface area contributed by atoms with E-state index in [9.17, 15) is 4.79 Å². The van der Waals surface area contributed by atoms with Gasteiger partial charge < -0.3 is 5.11 Å². The van der Waals surface area contributed by atoms with Crippen molar-refractivity contribution in [2.24, 2.45) is 5.92 Å². The molecule has 0 aliphatic rings.